The quantitative estimate of drug-likeness (QED) is 0.937. The number of hydrogen-bond donors (Lipinski definition) is 1. The highest BCUT2D eigenvalue weighted by Gasteiger charge is 2.31. The van der Waals surface area contributed by atoms with E-state index in [0.717, 1.165) is 5.56 Å². The minimum Gasteiger partial charge on any atom is -0.329 e. The van der Waals surface area contributed by atoms with Gasteiger partial charge in [-0.15, -0.1) is 0 Å². The fraction of sp³-hybridized carbons (Fsp3) is 0.200. The molecule has 112 valence electrons. The molecule has 0 radical (unpaired) electrons. The highest BCUT2D eigenvalue weighted by molar-refractivity contribution is 7.91. The zero-order chi connectivity index (χ0) is 15.6. The molecule has 0 heterocycles. The molecule has 0 saturated heterocycles. The lowest BCUT2D eigenvalue weighted by Crippen LogP contribution is -2.23. The van der Waals surface area contributed by atoms with Gasteiger partial charge in [-0.1, -0.05) is 35.4 Å². The Morgan fingerprint density at radius 2 is 1.81 bits per heavy atom. The van der Waals surface area contributed by atoms with Gasteiger partial charge in [-0.25, -0.2) is 12.8 Å². The van der Waals surface area contributed by atoms with E-state index in [2.05, 4.69) is 0 Å². The van der Waals surface area contributed by atoms with Crippen LogP contribution in [0.15, 0.2) is 47.4 Å². The Bertz CT molecular complexity index is 725. The first-order valence-electron chi connectivity index (χ1n) is 6.32. The third-order valence-corrected chi connectivity index (χ3v) is 5.70. The number of rotatable bonds is 4. The van der Waals surface area contributed by atoms with Gasteiger partial charge in [0.05, 0.1) is 4.90 Å². The van der Waals surface area contributed by atoms with Gasteiger partial charge in [0.2, 0.25) is 0 Å². The van der Waals surface area contributed by atoms with Crippen molar-refractivity contribution in [2.45, 2.75) is 17.1 Å². The first-order chi connectivity index (χ1) is 9.87. The number of benzene rings is 2. The number of hydrogen-bond acceptors (Lipinski definition) is 3. The van der Waals surface area contributed by atoms with Crippen molar-refractivity contribution in [3.8, 4) is 0 Å². The molecule has 2 aromatic carbocycles. The van der Waals surface area contributed by atoms with Gasteiger partial charge >= 0.3 is 0 Å². The maximum Gasteiger partial charge on any atom is 0.186 e. The Hall–Kier alpha value is -1.43. The molecule has 0 bridgehead atoms. The van der Waals surface area contributed by atoms with E-state index in [9.17, 15) is 12.8 Å². The van der Waals surface area contributed by atoms with Crippen LogP contribution in [0.25, 0.3) is 0 Å². The maximum absolute atomic E-state index is 14.0. The molecule has 2 rings (SSSR count). The lowest BCUT2D eigenvalue weighted by atomic mass is 10.1. The Balaban J connectivity index is 2.57. The zero-order valence-electron chi connectivity index (χ0n) is 11.4. The standard InChI is InChI=1S/C15H15ClFNO2S/c1-10-5-7-11(8-6-10)21(19,20)14(9-18)15-12(16)3-2-4-13(15)17/h2-8,14H,9,18H2,1H3. The summed E-state index contributed by atoms with van der Waals surface area (Å²) < 4.78 is 39.3. The number of sulfone groups is 1. The molecule has 0 amide bonds. The van der Waals surface area contributed by atoms with Crippen LogP contribution in [0.4, 0.5) is 4.39 Å². The van der Waals surface area contributed by atoms with Gasteiger partial charge in [0.1, 0.15) is 11.1 Å². The average Bonchev–Trinajstić information content (AvgIpc) is 2.43. The second kappa shape index (κ2) is 6.13. The second-order valence-electron chi connectivity index (χ2n) is 4.72. The van der Waals surface area contributed by atoms with Crippen molar-refractivity contribution in [2.75, 3.05) is 6.54 Å². The Labute approximate surface area is 128 Å². The average molecular weight is 328 g/mol. The fourth-order valence-electron chi connectivity index (χ4n) is 2.11. The van der Waals surface area contributed by atoms with Gasteiger partial charge in [-0.05, 0) is 31.2 Å². The molecule has 2 N–H and O–H groups in total. The predicted octanol–water partition coefficient (Wildman–Crippen LogP) is 3.26. The molecule has 0 fully saturated rings. The maximum atomic E-state index is 14.0. The summed E-state index contributed by atoms with van der Waals surface area (Å²) in [5.41, 5.74) is 6.44. The normalized spacial score (nSPS) is 13.1. The molecule has 6 heteroatoms. The summed E-state index contributed by atoms with van der Waals surface area (Å²) in [5.74, 6) is -0.673. The largest absolute Gasteiger partial charge is 0.329 e. The highest BCUT2D eigenvalue weighted by Crippen LogP contribution is 2.34. The van der Waals surface area contributed by atoms with E-state index in [1.165, 1.54) is 30.3 Å². The van der Waals surface area contributed by atoms with Gasteiger partial charge in [-0.3, -0.25) is 0 Å². The molecule has 0 saturated carbocycles. The van der Waals surface area contributed by atoms with Crippen molar-refractivity contribution in [3.05, 3.63) is 64.4 Å². The lowest BCUT2D eigenvalue weighted by Gasteiger charge is -2.18. The van der Waals surface area contributed by atoms with Crippen LogP contribution in [0.2, 0.25) is 5.02 Å². The van der Waals surface area contributed by atoms with Gasteiger partial charge in [-0.2, -0.15) is 0 Å². The van der Waals surface area contributed by atoms with Crippen molar-refractivity contribution in [1.82, 2.24) is 0 Å². The van der Waals surface area contributed by atoms with E-state index >= 15 is 0 Å². The van der Waals surface area contributed by atoms with E-state index < -0.39 is 20.9 Å². The molecule has 21 heavy (non-hydrogen) atoms. The van der Waals surface area contributed by atoms with E-state index in [0.29, 0.717) is 0 Å². The van der Waals surface area contributed by atoms with E-state index in [-0.39, 0.29) is 22.0 Å². The molecule has 0 aliphatic heterocycles. The van der Waals surface area contributed by atoms with Crippen molar-refractivity contribution < 1.29 is 12.8 Å². The molecule has 0 aromatic heterocycles. The van der Waals surface area contributed by atoms with Crippen LogP contribution < -0.4 is 5.73 Å². The monoisotopic (exact) mass is 327 g/mol. The first-order valence-corrected chi connectivity index (χ1v) is 8.25. The van der Waals surface area contributed by atoms with Crippen molar-refractivity contribution in [3.63, 3.8) is 0 Å². The van der Waals surface area contributed by atoms with Crippen LogP contribution in [0.1, 0.15) is 16.4 Å². The molecule has 0 aliphatic rings. The Kier molecular flexibility index (Phi) is 4.66. The molecule has 3 nitrogen and oxygen atoms in total. The smallest absolute Gasteiger partial charge is 0.186 e. The van der Waals surface area contributed by atoms with Crippen LogP contribution in [0.3, 0.4) is 0 Å². The van der Waals surface area contributed by atoms with Gasteiger partial charge in [0, 0.05) is 17.1 Å². The third kappa shape index (κ3) is 3.10. The topological polar surface area (TPSA) is 60.2 Å². The van der Waals surface area contributed by atoms with Crippen LogP contribution >= 0.6 is 11.6 Å². The summed E-state index contributed by atoms with van der Waals surface area (Å²) >= 11 is 5.96. The zero-order valence-corrected chi connectivity index (χ0v) is 13.0. The van der Waals surface area contributed by atoms with Crippen LogP contribution in [0.5, 0.6) is 0 Å². The number of nitrogens with two attached hydrogens (primary N) is 1. The number of halogens is 2. The molecule has 0 aliphatic carbocycles. The Morgan fingerprint density at radius 3 is 2.33 bits per heavy atom. The van der Waals surface area contributed by atoms with Crippen LogP contribution in [-0.4, -0.2) is 15.0 Å². The minimum atomic E-state index is -3.82. The molecule has 0 spiro atoms. The van der Waals surface area contributed by atoms with Gasteiger partial charge in [0.15, 0.2) is 9.84 Å². The van der Waals surface area contributed by atoms with E-state index in [1.54, 1.807) is 12.1 Å². The molecule has 1 atom stereocenters. The van der Waals surface area contributed by atoms with E-state index in [1.807, 2.05) is 6.92 Å². The van der Waals surface area contributed by atoms with Crippen LogP contribution in [-0.2, 0) is 9.84 Å². The second-order valence-corrected chi connectivity index (χ2v) is 7.26. The van der Waals surface area contributed by atoms with Crippen LogP contribution in [0, 0.1) is 12.7 Å². The fourth-order valence-corrected chi connectivity index (χ4v) is 4.12. The predicted molar refractivity (Wildman–Crippen MR) is 81.6 cm³/mol. The summed E-state index contributed by atoms with van der Waals surface area (Å²) in [4.78, 5) is 0.0999. The van der Waals surface area contributed by atoms with Gasteiger partial charge in [0.25, 0.3) is 0 Å². The first kappa shape index (κ1) is 15.9. The van der Waals surface area contributed by atoms with Crippen molar-refractivity contribution in [1.29, 1.82) is 0 Å². The molecule has 1 unspecified atom stereocenters. The summed E-state index contributed by atoms with van der Waals surface area (Å²) in [7, 11) is -3.82. The Morgan fingerprint density at radius 1 is 1.19 bits per heavy atom. The third-order valence-electron chi connectivity index (χ3n) is 3.26. The highest BCUT2D eigenvalue weighted by atomic mass is 35.5. The lowest BCUT2D eigenvalue weighted by molar-refractivity contribution is 0.568. The SMILES string of the molecule is Cc1ccc(S(=O)(=O)C(CN)c2c(F)cccc2Cl)cc1. The van der Waals surface area contributed by atoms with E-state index in [4.69, 9.17) is 17.3 Å². The van der Waals surface area contributed by atoms with Crippen molar-refractivity contribution in [2.24, 2.45) is 5.73 Å². The summed E-state index contributed by atoms with van der Waals surface area (Å²) in [6.45, 7) is 1.60. The number of aryl methyl sites for hydroxylation is 1. The molecular weight excluding hydrogens is 313 g/mol. The summed E-state index contributed by atoms with van der Waals surface area (Å²) in [5, 5.41) is -1.16. The summed E-state index contributed by atoms with van der Waals surface area (Å²) in [6, 6.07) is 10.4. The van der Waals surface area contributed by atoms with Crippen molar-refractivity contribution >= 4 is 21.4 Å². The molecular formula is C15H15ClFNO2S. The van der Waals surface area contributed by atoms with Gasteiger partial charge < -0.3 is 5.73 Å². The summed E-state index contributed by atoms with van der Waals surface area (Å²) in [6.07, 6.45) is 0. The minimum absolute atomic E-state index is 0.0566. The molecule has 2 aromatic rings.